The molecule has 116 valence electrons. The number of carbonyl (C=O) groups is 1. The molecule has 0 N–H and O–H groups in total. The van der Waals surface area contributed by atoms with Crippen molar-refractivity contribution in [2.45, 2.75) is 18.6 Å². The van der Waals surface area contributed by atoms with Gasteiger partial charge in [0.05, 0.1) is 30.6 Å². The second-order valence-corrected chi connectivity index (χ2v) is 8.12. The van der Waals surface area contributed by atoms with Crippen LogP contribution >= 0.6 is 11.3 Å². The predicted octanol–water partition coefficient (Wildman–Crippen LogP) is 0.623. The van der Waals surface area contributed by atoms with Crippen LogP contribution in [0.2, 0.25) is 0 Å². The van der Waals surface area contributed by atoms with Crippen LogP contribution in [0.25, 0.3) is 0 Å². The van der Waals surface area contributed by atoms with E-state index >= 15 is 0 Å². The van der Waals surface area contributed by atoms with Crippen LogP contribution in [-0.2, 0) is 14.8 Å². The lowest BCUT2D eigenvalue weighted by atomic mass is 10.00. The first-order valence-corrected chi connectivity index (χ1v) is 9.66. The summed E-state index contributed by atoms with van der Waals surface area (Å²) in [6.45, 7) is 1.78. The summed E-state index contributed by atoms with van der Waals surface area (Å²) in [6.07, 6.45) is 1.78. The smallest absolute Gasteiger partial charge is 0.254 e. The van der Waals surface area contributed by atoms with Crippen LogP contribution in [0.1, 0.15) is 16.8 Å². The number of ether oxygens (including phenoxy) is 1. The van der Waals surface area contributed by atoms with E-state index in [1.54, 1.807) is 11.0 Å². The number of morpholine rings is 1. The van der Waals surface area contributed by atoms with Crippen LogP contribution in [0, 0.1) is 0 Å². The predicted molar refractivity (Wildman–Crippen MR) is 79.9 cm³/mol. The molecule has 0 aliphatic carbocycles. The van der Waals surface area contributed by atoms with E-state index in [0.717, 1.165) is 0 Å². The third-order valence-electron chi connectivity index (χ3n) is 4.01. The van der Waals surface area contributed by atoms with Crippen LogP contribution in [0.3, 0.4) is 0 Å². The number of nitrogens with zero attached hydrogens (tertiary/aromatic N) is 2. The minimum absolute atomic E-state index is 0.0336. The van der Waals surface area contributed by atoms with Crippen molar-refractivity contribution in [2.24, 2.45) is 0 Å². The first-order chi connectivity index (χ1) is 9.97. The minimum Gasteiger partial charge on any atom is -0.375 e. The van der Waals surface area contributed by atoms with Gasteiger partial charge in [0.15, 0.2) is 0 Å². The quantitative estimate of drug-likeness (QED) is 0.797. The molecular weight excluding hydrogens is 312 g/mol. The van der Waals surface area contributed by atoms with Gasteiger partial charge in [0, 0.05) is 25.0 Å². The van der Waals surface area contributed by atoms with E-state index in [2.05, 4.69) is 0 Å². The van der Waals surface area contributed by atoms with Gasteiger partial charge in [-0.05, 0) is 17.9 Å². The van der Waals surface area contributed by atoms with E-state index in [9.17, 15) is 13.2 Å². The SMILES string of the molecule is CS(=O)(=O)N1CCO[C@H]2CCN(C(=O)c3ccsc3)C[C@@H]21. The van der Waals surface area contributed by atoms with E-state index in [4.69, 9.17) is 4.74 Å². The highest BCUT2D eigenvalue weighted by Gasteiger charge is 2.42. The molecule has 21 heavy (non-hydrogen) atoms. The molecule has 3 heterocycles. The van der Waals surface area contributed by atoms with Gasteiger partial charge in [-0.1, -0.05) is 0 Å². The van der Waals surface area contributed by atoms with Gasteiger partial charge in [0.25, 0.3) is 5.91 Å². The highest BCUT2D eigenvalue weighted by molar-refractivity contribution is 7.88. The van der Waals surface area contributed by atoms with Gasteiger partial charge >= 0.3 is 0 Å². The van der Waals surface area contributed by atoms with Crippen molar-refractivity contribution in [3.8, 4) is 0 Å². The first-order valence-electron chi connectivity index (χ1n) is 6.87. The average molecular weight is 330 g/mol. The summed E-state index contributed by atoms with van der Waals surface area (Å²) in [5.41, 5.74) is 0.668. The van der Waals surface area contributed by atoms with E-state index in [1.165, 1.54) is 21.9 Å². The number of hydrogen-bond donors (Lipinski definition) is 0. The van der Waals surface area contributed by atoms with Gasteiger partial charge in [0.1, 0.15) is 0 Å². The normalized spacial score (nSPS) is 27.4. The summed E-state index contributed by atoms with van der Waals surface area (Å²) >= 11 is 1.48. The second kappa shape index (κ2) is 5.68. The Labute approximate surface area is 128 Å². The Bertz CT molecular complexity index is 614. The fourth-order valence-corrected chi connectivity index (χ4v) is 4.74. The van der Waals surface area contributed by atoms with Crippen LogP contribution in [0.4, 0.5) is 0 Å². The van der Waals surface area contributed by atoms with Gasteiger partial charge in [-0.3, -0.25) is 4.79 Å². The molecule has 2 saturated heterocycles. The molecule has 6 nitrogen and oxygen atoms in total. The number of hydrogen-bond acceptors (Lipinski definition) is 5. The van der Waals surface area contributed by atoms with Crippen LogP contribution in [0.15, 0.2) is 16.8 Å². The third kappa shape index (κ3) is 2.98. The van der Waals surface area contributed by atoms with Gasteiger partial charge in [-0.2, -0.15) is 15.6 Å². The van der Waals surface area contributed by atoms with E-state index < -0.39 is 10.0 Å². The summed E-state index contributed by atoms with van der Waals surface area (Å²) < 4.78 is 31.0. The number of piperidine rings is 1. The number of carbonyl (C=O) groups excluding carboxylic acids is 1. The number of amides is 1. The number of fused-ring (bicyclic) bond motifs is 1. The summed E-state index contributed by atoms with van der Waals surface area (Å²) in [4.78, 5) is 14.1. The monoisotopic (exact) mass is 330 g/mol. The van der Waals surface area contributed by atoms with E-state index in [0.29, 0.717) is 38.2 Å². The van der Waals surface area contributed by atoms with Gasteiger partial charge in [-0.15, -0.1) is 0 Å². The topological polar surface area (TPSA) is 66.9 Å². The molecule has 2 aliphatic rings. The Kier molecular flexibility index (Phi) is 4.04. The molecular formula is C13H18N2O4S2. The van der Waals surface area contributed by atoms with Gasteiger partial charge in [0.2, 0.25) is 10.0 Å². The lowest BCUT2D eigenvalue weighted by Gasteiger charge is -2.45. The fourth-order valence-electron chi connectivity index (χ4n) is 3.01. The molecule has 2 aliphatic heterocycles. The molecule has 3 rings (SSSR count). The molecule has 0 bridgehead atoms. The number of sulfonamides is 1. The Morgan fingerprint density at radius 2 is 2.24 bits per heavy atom. The van der Waals surface area contributed by atoms with Crippen molar-refractivity contribution in [1.29, 1.82) is 0 Å². The zero-order valence-corrected chi connectivity index (χ0v) is 13.4. The van der Waals surface area contributed by atoms with Gasteiger partial charge in [-0.25, -0.2) is 8.42 Å². The molecule has 2 atom stereocenters. The molecule has 0 radical (unpaired) electrons. The largest absolute Gasteiger partial charge is 0.375 e. The molecule has 0 spiro atoms. The molecule has 8 heteroatoms. The molecule has 1 aromatic rings. The molecule has 1 aromatic heterocycles. The Morgan fingerprint density at radius 1 is 1.43 bits per heavy atom. The van der Waals surface area contributed by atoms with E-state index in [1.807, 2.05) is 10.8 Å². The lowest BCUT2D eigenvalue weighted by molar-refractivity contribution is -0.0704. The molecule has 2 fully saturated rings. The van der Waals surface area contributed by atoms with Gasteiger partial charge < -0.3 is 9.64 Å². The maximum Gasteiger partial charge on any atom is 0.254 e. The molecule has 0 aromatic carbocycles. The van der Waals surface area contributed by atoms with Crippen molar-refractivity contribution in [3.05, 3.63) is 22.4 Å². The highest BCUT2D eigenvalue weighted by Crippen LogP contribution is 2.26. The second-order valence-electron chi connectivity index (χ2n) is 5.40. The highest BCUT2D eigenvalue weighted by atomic mass is 32.2. The fraction of sp³-hybridized carbons (Fsp3) is 0.615. The Morgan fingerprint density at radius 3 is 2.90 bits per heavy atom. The minimum atomic E-state index is -3.28. The van der Waals surface area contributed by atoms with Crippen LogP contribution in [-0.4, -0.2) is 68.2 Å². The van der Waals surface area contributed by atoms with Crippen molar-refractivity contribution in [3.63, 3.8) is 0 Å². The maximum atomic E-state index is 12.4. The van der Waals surface area contributed by atoms with Crippen molar-refractivity contribution >= 4 is 27.3 Å². The summed E-state index contributed by atoms with van der Waals surface area (Å²) in [5.74, 6) is -0.0336. The zero-order chi connectivity index (χ0) is 15.0. The lowest BCUT2D eigenvalue weighted by Crippen LogP contribution is -2.61. The average Bonchev–Trinajstić information content (AvgIpc) is 2.98. The number of thiophene rings is 1. The summed E-state index contributed by atoms with van der Waals surface area (Å²) in [5, 5.41) is 3.69. The maximum absolute atomic E-state index is 12.4. The molecule has 0 saturated carbocycles. The Hall–Kier alpha value is -0.960. The Balaban J connectivity index is 1.79. The molecule has 0 unspecified atom stereocenters. The van der Waals surface area contributed by atoms with Crippen molar-refractivity contribution < 1.29 is 17.9 Å². The zero-order valence-electron chi connectivity index (χ0n) is 11.8. The number of rotatable bonds is 2. The molecule has 1 amide bonds. The van der Waals surface area contributed by atoms with E-state index in [-0.39, 0.29) is 18.1 Å². The van der Waals surface area contributed by atoms with Crippen molar-refractivity contribution in [2.75, 3.05) is 32.5 Å². The van der Waals surface area contributed by atoms with Crippen LogP contribution in [0.5, 0.6) is 0 Å². The first kappa shape index (κ1) is 15.0. The third-order valence-corrected chi connectivity index (χ3v) is 6.00. The summed E-state index contributed by atoms with van der Waals surface area (Å²) in [7, 11) is -3.28. The van der Waals surface area contributed by atoms with Crippen molar-refractivity contribution in [1.82, 2.24) is 9.21 Å². The number of likely N-dealkylation sites (tertiary alicyclic amines) is 1. The van der Waals surface area contributed by atoms with Crippen LogP contribution < -0.4 is 0 Å². The summed E-state index contributed by atoms with van der Waals surface area (Å²) in [6, 6.07) is 1.52. The standard InChI is InChI=1S/C13H18N2O4S2/c1-21(17,18)15-5-6-19-12-2-4-14(8-11(12)15)13(16)10-3-7-20-9-10/h3,7,9,11-12H,2,4-6,8H2,1H3/t11-,12-/m0/s1.